The number of hydrogen-bond acceptors (Lipinski definition) is 7. The maximum Gasteiger partial charge on any atom is 0.253 e. The van der Waals surface area contributed by atoms with Crippen molar-refractivity contribution in [3.8, 4) is 5.69 Å². The number of morpholine rings is 1. The van der Waals surface area contributed by atoms with Crippen LogP contribution >= 0.6 is 0 Å². The Morgan fingerprint density at radius 3 is 2.97 bits per heavy atom. The van der Waals surface area contributed by atoms with E-state index in [-0.39, 0.29) is 18.2 Å². The number of halogens is 1. The van der Waals surface area contributed by atoms with Crippen molar-refractivity contribution in [1.82, 2.24) is 25.0 Å². The second kappa shape index (κ2) is 7.60. The number of benzene rings is 1. The van der Waals surface area contributed by atoms with Crippen LogP contribution in [0, 0.1) is 11.7 Å². The van der Waals surface area contributed by atoms with Gasteiger partial charge in [0.1, 0.15) is 12.4 Å². The van der Waals surface area contributed by atoms with Crippen molar-refractivity contribution in [1.29, 1.82) is 0 Å². The lowest BCUT2D eigenvalue weighted by molar-refractivity contribution is -0.125. The highest BCUT2D eigenvalue weighted by Gasteiger charge is 2.24. The standard InChI is InChI=1S/C20H22FN7O2/c1-12-2-3-13(8-12)23-20-22-10-16-19(24-20)28(26-25-16)14-4-5-17(15(21)9-14)27-6-7-30-11-18(27)29/h4-5,9-10,12-13H,2-3,6-8,11H2,1H3,(H,22,23,24)/t12-,13-/m1/s1. The maximum absolute atomic E-state index is 14.8. The van der Waals surface area contributed by atoms with Crippen molar-refractivity contribution in [2.45, 2.75) is 32.2 Å². The first-order valence-electron chi connectivity index (χ1n) is 10.1. The second-order valence-corrected chi connectivity index (χ2v) is 7.90. The van der Waals surface area contributed by atoms with E-state index in [4.69, 9.17) is 4.74 Å². The highest BCUT2D eigenvalue weighted by molar-refractivity contribution is 5.95. The van der Waals surface area contributed by atoms with E-state index >= 15 is 0 Å². The topological polar surface area (TPSA) is 98.1 Å². The lowest BCUT2D eigenvalue weighted by Crippen LogP contribution is -2.42. The number of anilines is 2. The number of amides is 1. The molecule has 0 radical (unpaired) electrons. The number of aromatic nitrogens is 5. The summed E-state index contributed by atoms with van der Waals surface area (Å²) >= 11 is 0. The van der Waals surface area contributed by atoms with E-state index in [2.05, 4.69) is 32.5 Å². The molecule has 1 amide bonds. The number of nitrogens with zero attached hydrogens (tertiary/aromatic N) is 6. The van der Waals surface area contributed by atoms with Gasteiger partial charge in [-0.15, -0.1) is 5.10 Å². The first kappa shape index (κ1) is 18.9. The lowest BCUT2D eigenvalue weighted by atomic mass is 10.1. The van der Waals surface area contributed by atoms with Crippen LogP contribution in [0.3, 0.4) is 0 Å². The van der Waals surface area contributed by atoms with Crippen molar-refractivity contribution in [3.05, 3.63) is 30.2 Å². The van der Waals surface area contributed by atoms with Crippen LogP contribution < -0.4 is 10.2 Å². The van der Waals surface area contributed by atoms with Crippen LogP contribution in [0.4, 0.5) is 16.0 Å². The quantitative estimate of drug-likeness (QED) is 0.703. The van der Waals surface area contributed by atoms with Crippen LogP contribution in [0.1, 0.15) is 26.2 Å². The van der Waals surface area contributed by atoms with Crippen LogP contribution in [0.5, 0.6) is 0 Å². The smallest absolute Gasteiger partial charge is 0.253 e. The Morgan fingerprint density at radius 1 is 1.30 bits per heavy atom. The van der Waals surface area contributed by atoms with Gasteiger partial charge in [-0.2, -0.15) is 9.67 Å². The monoisotopic (exact) mass is 411 g/mol. The van der Waals surface area contributed by atoms with Gasteiger partial charge in [-0.25, -0.2) is 9.37 Å². The molecule has 2 fully saturated rings. The van der Waals surface area contributed by atoms with Crippen molar-refractivity contribution >= 4 is 28.7 Å². The predicted octanol–water partition coefficient (Wildman–Crippen LogP) is 2.31. The Bertz CT molecular complexity index is 1100. The molecule has 1 N–H and O–H groups in total. The third-order valence-electron chi connectivity index (χ3n) is 5.67. The Hall–Kier alpha value is -3.14. The van der Waals surface area contributed by atoms with E-state index in [1.807, 2.05) is 0 Å². The molecule has 3 aromatic rings. The fourth-order valence-electron chi connectivity index (χ4n) is 4.11. The summed E-state index contributed by atoms with van der Waals surface area (Å²) < 4.78 is 21.4. The molecule has 3 heterocycles. The summed E-state index contributed by atoms with van der Waals surface area (Å²) in [5, 5.41) is 11.6. The molecule has 1 saturated carbocycles. The van der Waals surface area contributed by atoms with Gasteiger partial charge in [-0.05, 0) is 37.3 Å². The van der Waals surface area contributed by atoms with Gasteiger partial charge in [0.2, 0.25) is 5.95 Å². The highest BCUT2D eigenvalue weighted by Crippen LogP contribution is 2.28. The molecule has 2 aliphatic rings. The molecule has 2 aromatic heterocycles. The van der Waals surface area contributed by atoms with Gasteiger partial charge in [0, 0.05) is 18.7 Å². The molecule has 156 valence electrons. The Labute approximate surface area is 172 Å². The second-order valence-electron chi connectivity index (χ2n) is 7.90. The van der Waals surface area contributed by atoms with Gasteiger partial charge in [-0.1, -0.05) is 12.1 Å². The summed E-state index contributed by atoms with van der Waals surface area (Å²) in [6.45, 7) is 2.91. The van der Waals surface area contributed by atoms with Crippen molar-refractivity contribution in [2.75, 3.05) is 30.0 Å². The van der Waals surface area contributed by atoms with Gasteiger partial charge < -0.3 is 15.0 Å². The van der Waals surface area contributed by atoms with Gasteiger partial charge in [0.05, 0.1) is 24.2 Å². The molecular weight excluding hydrogens is 389 g/mol. The Balaban J connectivity index is 1.44. The van der Waals surface area contributed by atoms with Crippen LogP contribution in [0.25, 0.3) is 16.9 Å². The summed E-state index contributed by atoms with van der Waals surface area (Å²) in [5.41, 5.74) is 1.71. The van der Waals surface area contributed by atoms with Gasteiger partial charge in [0.25, 0.3) is 5.91 Å². The molecule has 10 heteroatoms. The van der Waals surface area contributed by atoms with Crippen LogP contribution in [-0.4, -0.2) is 56.7 Å². The van der Waals surface area contributed by atoms with E-state index in [9.17, 15) is 9.18 Å². The van der Waals surface area contributed by atoms with Gasteiger partial charge in [0.15, 0.2) is 11.2 Å². The van der Waals surface area contributed by atoms with Crippen LogP contribution in [0.15, 0.2) is 24.4 Å². The SMILES string of the molecule is C[C@@H]1CC[C@@H](Nc2ncc3nnn(-c4ccc(N5CCOCC5=O)c(F)c4)c3n2)C1. The minimum Gasteiger partial charge on any atom is -0.370 e. The molecule has 0 bridgehead atoms. The first-order chi connectivity index (χ1) is 14.6. The van der Waals surface area contributed by atoms with Crippen molar-refractivity contribution in [2.24, 2.45) is 5.92 Å². The molecule has 0 unspecified atom stereocenters. The van der Waals surface area contributed by atoms with Crippen LogP contribution in [0.2, 0.25) is 0 Å². The molecule has 5 rings (SSSR count). The molecule has 9 nitrogen and oxygen atoms in total. The molecule has 1 aliphatic heterocycles. The van der Waals surface area contributed by atoms with E-state index in [0.29, 0.717) is 47.9 Å². The van der Waals surface area contributed by atoms with E-state index < -0.39 is 5.82 Å². The minimum atomic E-state index is -0.515. The zero-order valence-electron chi connectivity index (χ0n) is 16.6. The normalized spacial score (nSPS) is 22.1. The third-order valence-corrected chi connectivity index (χ3v) is 5.67. The Morgan fingerprint density at radius 2 is 2.20 bits per heavy atom. The summed E-state index contributed by atoms with van der Waals surface area (Å²) in [7, 11) is 0. The van der Waals surface area contributed by atoms with E-state index in [1.54, 1.807) is 18.3 Å². The maximum atomic E-state index is 14.8. The fraction of sp³-hybridized carbons (Fsp3) is 0.450. The number of ether oxygens (including phenoxy) is 1. The largest absolute Gasteiger partial charge is 0.370 e. The number of carbonyl (C=O) groups is 1. The Kier molecular flexibility index (Phi) is 4.78. The molecule has 30 heavy (non-hydrogen) atoms. The number of nitrogens with one attached hydrogen (secondary N) is 1. The number of fused-ring (bicyclic) bond motifs is 1. The van der Waals surface area contributed by atoms with Crippen molar-refractivity contribution < 1.29 is 13.9 Å². The summed E-state index contributed by atoms with van der Waals surface area (Å²) in [6, 6.07) is 4.95. The molecule has 0 spiro atoms. The summed E-state index contributed by atoms with van der Waals surface area (Å²) in [4.78, 5) is 22.3. The summed E-state index contributed by atoms with van der Waals surface area (Å²) in [5.74, 6) is 0.432. The summed E-state index contributed by atoms with van der Waals surface area (Å²) in [6.07, 6.45) is 4.99. The predicted molar refractivity (Wildman–Crippen MR) is 108 cm³/mol. The number of rotatable bonds is 4. The highest BCUT2D eigenvalue weighted by atomic mass is 19.1. The van der Waals surface area contributed by atoms with Gasteiger partial charge >= 0.3 is 0 Å². The zero-order valence-corrected chi connectivity index (χ0v) is 16.6. The van der Waals surface area contributed by atoms with E-state index in [1.165, 1.54) is 22.1 Å². The molecular formula is C20H22FN7O2. The molecule has 1 aromatic carbocycles. The van der Waals surface area contributed by atoms with Crippen molar-refractivity contribution in [3.63, 3.8) is 0 Å². The molecule has 1 saturated heterocycles. The fourth-order valence-corrected chi connectivity index (χ4v) is 4.11. The molecule has 2 atom stereocenters. The minimum absolute atomic E-state index is 0.0403. The average molecular weight is 411 g/mol. The zero-order chi connectivity index (χ0) is 20.7. The molecule has 1 aliphatic carbocycles. The van der Waals surface area contributed by atoms with E-state index in [0.717, 1.165) is 12.8 Å². The number of hydrogen-bond donors (Lipinski definition) is 1. The third kappa shape index (κ3) is 3.47. The lowest BCUT2D eigenvalue weighted by Gasteiger charge is -2.27. The van der Waals surface area contributed by atoms with Gasteiger partial charge in [-0.3, -0.25) is 4.79 Å². The number of carbonyl (C=O) groups excluding carboxylic acids is 1. The average Bonchev–Trinajstić information content (AvgIpc) is 3.34. The first-order valence-corrected chi connectivity index (χ1v) is 10.1. The van der Waals surface area contributed by atoms with Crippen LogP contribution in [-0.2, 0) is 9.53 Å².